The number of quaternary nitrogens is 1. The second kappa shape index (κ2) is 10.3. The topological polar surface area (TPSA) is 69.5 Å². The number of carbonyl (C=O) groups is 2. The van der Waals surface area contributed by atoms with Crippen LogP contribution >= 0.6 is 0 Å². The number of amides is 2. The lowest BCUT2D eigenvalue weighted by molar-refractivity contribution is -0.924. The molecule has 2 heterocycles. The summed E-state index contributed by atoms with van der Waals surface area (Å²) in [6.45, 7) is 6.17. The molecule has 5 rings (SSSR count). The molecule has 1 saturated heterocycles. The van der Waals surface area contributed by atoms with Crippen LogP contribution in [0.25, 0.3) is 0 Å². The van der Waals surface area contributed by atoms with Crippen molar-refractivity contribution in [1.29, 1.82) is 0 Å². The van der Waals surface area contributed by atoms with Gasteiger partial charge >= 0.3 is 0 Å². The summed E-state index contributed by atoms with van der Waals surface area (Å²) in [6, 6.07) is 25.8. The summed E-state index contributed by atoms with van der Waals surface area (Å²) < 4.78 is 0. The molecule has 7 nitrogen and oxygen atoms in total. The first-order chi connectivity index (χ1) is 17.5. The van der Waals surface area contributed by atoms with Crippen LogP contribution in [0, 0.1) is 6.92 Å². The number of aryl methyl sites for hydroxylation is 2. The average molecular weight is 483 g/mol. The minimum Gasteiger partial charge on any atom is -0.324 e. The summed E-state index contributed by atoms with van der Waals surface area (Å²) in [7, 11) is 0. The first kappa shape index (κ1) is 23.8. The number of nitrogens with zero attached hydrogens (tertiary/aromatic N) is 3. The minimum atomic E-state index is -0.630. The van der Waals surface area contributed by atoms with Crippen LogP contribution in [0.4, 0.5) is 11.4 Å². The molecule has 0 saturated carbocycles. The number of fused-ring (bicyclic) bond motifs is 1. The van der Waals surface area contributed by atoms with Gasteiger partial charge in [0.2, 0.25) is 11.9 Å². The van der Waals surface area contributed by atoms with Crippen molar-refractivity contribution in [3.05, 3.63) is 95.6 Å². The van der Waals surface area contributed by atoms with E-state index in [-0.39, 0.29) is 18.2 Å². The smallest absolute Gasteiger partial charge is 0.251 e. The molecule has 0 aliphatic carbocycles. The number of aliphatic imine (C=N–C) groups is 1. The Morgan fingerprint density at radius 3 is 2.39 bits per heavy atom. The Hall–Kier alpha value is -3.97. The van der Waals surface area contributed by atoms with Crippen molar-refractivity contribution in [1.82, 2.24) is 4.90 Å². The molecule has 2 N–H and O–H groups in total. The van der Waals surface area contributed by atoms with E-state index < -0.39 is 6.04 Å². The van der Waals surface area contributed by atoms with Gasteiger partial charge in [-0.15, -0.1) is 0 Å². The van der Waals surface area contributed by atoms with Gasteiger partial charge in [-0.1, -0.05) is 67.1 Å². The predicted molar refractivity (Wildman–Crippen MR) is 142 cm³/mol. The Morgan fingerprint density at radius 1 is 0.972 bits per heavy atom. The number of rotatable bonds is 6. The van der Waals surface area contributed by atoms with Crippen LogP contribution in [0.2, 0.25) is 0 Å². The van der Waals surface area contributed by atoms with Crippen molar-refractivity contribution < 1.29 is 14.5 Å². The highest BCUT2D eigenvalue weighted by atomic mass is 16.2. The SMILES string of the molecule is CCc1ccc(N2C[NH+](Cc3ccccc3)CN3C2=NC(=O)C[C@@H]3C(=O)Nc2ccc(C)cc2)cc1. The fourth-order valence-corrected chi connectivity index (χ4v) is 4.83. The maximum absolute atomic E-state index is 13.5. The molecule has 36 heavy (non-hydrogen) atoms. The number of anilines is 2. The summed E-state index contributed by atoms with van der Waals surface area (Å²) >= 11 is 0. The maximum atomic E-state index is 13.5. The lowest BCUT2D eigenvalue weighted by Crippen LogP contribution is -3.16. The molecule has 2 amide bonds. The van der Waals surface area contributed by atoms with Gasteiger partial charge in [0.05, 0.1) is 6.42 Å². The highest BCUT2D eigenvalue weighted by Crippen LogP contribution is 2.24. The molecule has 2 aliphatic heterocycles. The molecule has 2 atom stereocenters. The van der Waals surface area contributed by atoms with E-state index in [0.29, 0.717) is 19.3 Å². The molecule has 2 aliphatic rings. The summed E-state index contributed by atoms with van der Waals surface area (Å²) in [5, 5.41) is 3.01. The zero-order chi connectivity index (χ0) is 25.1. The van der Waals surface area contributed by atoms with Crippen molar-refractivity contribution in [3.8, 4) is 0 Å². The van der Waals surface area contributed by atoms with E-state index in [1.54, 1.807) is 0 Å². The van der Waals surface area contributed by atoms with Gasteiger partial charge in [-0.25, -0.2) is 0 Å². The van der Waals surface area contributed by atoms with Crippen LogP contribution in [0.1, 0.15) is 30.0 Å². The van der Waals surface area contributed by atoms with E-state index in [1.807, 2.05) is 54.3 Å². The molecule has 184 valence electrons. The summed E-state index contributed by atoms with van der Waals surface area (Å²) in [5.74, 6) is 0.0882. The molecule has 0 radical (unpaired) electrons. The van der Waals surface area contributed by atoms with E-state index in [9.17, 15) is 9.59 Å². The van der Waals surface area contributed by atoms with Crippen LogP contribution in [0.3, 0.4) is 0 Å². The van der Waals surface area contributed by atoms with Gasteiger partial charge in [-0.2, -0.15) is 4.99 Å². The van der Waals surface area contributed by atoms with Gasteiger partial charge < -0.3 is 5.32 Å². The van der Waals surface area contributed by atoms with Gasteiger partial charge in [0.15, 0.2) is 13.3 Å². The fourth-order valence-electron chi connectivity index (χ4n) is 4.83. The highest BCUT2D eigenvalue weighted by Gasteiger charge is 2.43. The Kier molecular flexibility index (Phi) is 6.82. The number of carbonyl (C=O) groups excluding carboxylic acids is 2. The lowest BCUT2D eigenvalue weighted by atomic mass is 10.1. The zero-order valence-corrected chi connectivity index (χ0v) is 20.8. The molecule has 0 bridgehead atoms. The normalized spacial score (nSPS) is 19.5. The molecule has 0 spiro atoms. The van der Waals surface area contributed by atoms with E-state index in [4.69, 9.17) is 0 Å². The van der Waals surface area contributed by atoms with Gasteiger partial charge in [0.1, 0.15) is 12.6 Å². The second-order valence-electron chi connectivity index (χ2n) is 9.53. The third kappa shape index (κ3) is 5.16. The molecule has 3 aromatic carbocycles. The quantitative estimate of drug-likeness (QED) is 0.567. The van der Waals surface area contributed by atoms with Gasteiger partial charge in [-0.3, -0.25) is 24.3 Å². The Morgan fingerprint density at radius 2 is 1.69 bits per heavy atom. The van der Waals surface area contributed by atoms with Crippen molar-refractivity contribution in [2.45, 2.75) is 39.3 Å². The van der Waals surface area contributed by atoms with E-state index in [2.05, 4.69) is 58.5 Å². The van der Waals surface area contributed by atoms with Gasteiger partial charge in [0, 0.05) is 16.9 Å². The van der Waals surface area contributed by atoms with Crippen LogP contribution in [-0.4, -0.2) is 42.1 Å². The predicted octanol–water partition coefficient (Wildman–Crippen LogP) is 2.97. The average Bonchev–Trinajstić information content (AvgIpc) is 2.90. The van der Waals surface area contributed by atoms with E-state index >= 15 is 0 Å². The number of benzene rings is 3. The highest BCUT2D eigenvalue weighted by molar-refractivity contribution is 6.09. The molecular weight excluding hydrogens is 450 g/mol. The Labute approximate surface area is 212 Å². The maximum Gasteiger partial charge on any atom is 0.251 e. The standard InChI is InChI=1S/C29H31N5O2/c1-3-22-11-15-25(16-12-22)33-19-32(18-23-7-5-4-6-8-23)20-34-26(17-27(35)31-29(33)34)28(36)30-24-13-9-21(2)10-14-24/h4-16,26H,3,17-20H2,1-2H3,(H,30,36)/p+1/t26-/m1/s1. The van der Waals surface area contributed by atoms with Crippen LogP contribution in [0.15, 0.2) is 83.9 Å². The second-order valence-corrected chi connectivity index (χ2v) is 9.53. The van der Waals surface area contributed by atoms with Gasteiger partial charge in [-0.05, 0) is 43.2 Å². The Bertz CT molecular complexity index is 1260. The van der Waals surface area contributed by atoms with Crippen molar-refractivity contribution in [2.24, 2.45) is 4.99 Å². The summed E-state index contributed by atoms with van der Waals surface area (Å²) in [4.78, 5) is 36.0. The summed E-state index contributed by atoms with van der Waals surface area (Å²) in [5.41, 5.74) is 5.28. The number of hydrogen-bond acceptors (Lipinski definition) is 4. The van der Waals surface area contributed by atoms with Crippen LogP contribution < -0.4 is 15.1 Å². The van der Waals surface area contributed by atoms with Crippen molar-refractivity contribution >= 4 is 29.1 Å². The Balaban J connectivity index is 1.46. The largest absolute Gasteiger partial charge is 0.324 e. The third-order valence-electron chi connectivity index (χ3n) is 6.82. The summed E-state index contributed by atoms with van der Waals surface area (Å²) in [6.07, 6.45) is 1.01. The number of guanidine groups is 1. The minimum absolute atomic E-state index is 0.0580. The zero-order valence-electron chi connectivity index (χ0n) is 20.8. The molecule has 3 aromatic rings. The van der Waals surface area contributed by atoms with Gasteiger partial charge in [0.25, 0.3) is 5.91 Å². The van der Waals surface area contributed by atoms with E-state index in [0.717, 1.165) is 29.9 Å². The van der Waals surface area contributed by atoms with Crippen molar-refractivity contribution in [3.63, 3.8) is 0 Å². The first-order valence-electron chi connectivity index (χ1n) is 12.5. The van der Waals surface area contributed by atoms with Crippen molar-refractivity contribution in [2.75, 3.05) is 23.6 Å². The number of hydrogen-bond donors (Lipinski definition) is 2. The lowest BCUT2D eigenvalue weighted by Gasteiger charge is -2.46. The van der Waals surface area contributed by atoms with E-state index in [1.165, 1.54) is 16.0 Å². The first-order valence-corrected chi connectivity index (χ1v) is 12.5. The fraction of sp³-hybridized carbons (Fsp3) is 0.276. The molecule has 7 heteroatoms. The van der Waals surface area contributed by atoms with Crippen LogP contribution in [0.5, 0.6) is 0 Å². The monoisotopic (exact) mass is 482 g/mol. The number of nitrogens with one attached hydrogen (secondary N) is 2. The molecular formula is C29H32N5O2+. The molecule has 0 aromatic heterocycles. The molecule has 1 unspecified atom stereocenters. The van der Waals surface area contributed by atoms with Crippen LogP contribution in [-0.2, 0) is 22.6 Å². The molecule has 1 fully saturated rings. The third-order valence-corrected chi connectivity index (χ3v) is 6.82.